The van der Waals surface area contributed by atoms with E-state index in [2.05, 4.69) is 10.1 Å². The zero-order valence-electron chi connectivity index (χ0n) is 6.13. The zero-order valence-corrected chi connectivity index (χ0v) is 6.13. The number of hydrogen-bond donors (Lipinski definition) is 1. The highest BCUT2D eigenvalue weighted by molar-refractivity contribution is 5.20. The van der Waals surface area contributed by atoms with Gasteiger partial charge >= 0.3 is 5.69 Å². The van der Waals surface area contributed by atoms with E-state index in [0.29, 0.717) is 5.41 Å². The number of rotatable bonds is 0. The Morgan fingerprint density at radius 2 is 2.27 bits per heavy atom. The summed E-state index contributed by atoms with van der Waals surface area (Å²) in [7, 11) is 0. The number of nitrogens with zero attached hydrogens (tertiary/aromatic N) is 2. The van der Waals surface area contributed by atoms with E-state index in [0.717, 1.165) is 12.4 Å². The van der Waals surface area contributed by atoms with Gasteiger partial charge in [-0.05, 0) is 19.3 Å². The topological polar surface area (TPSA) is 50.7 Å². The molecule has 0 aromatic carbocycles. The Morgan fingerprint density at radius 1 is 1.45 bits per heavy atom. The van der Waals surface area contributed by atoms with Crippen LogP contribution in [0.15, 0.2) is 4.79 Å². The first-order valence-electron chi connectivity index (χ1n) is 3.98. The standard InChI is InChI=1S/C7H9N3O/c11-6-8-5-7(1-2-7)3-4-10(5)9-6/h1-4H2,(H,9,11). The smallest absolute Gasteiger partial charge is 0.270 e. The summed E-state index contributed by atoms with van der Waals surface area (Å²) in [6, 6.07) is 0. The number of hydrogen-bond acceptors (Lipinski definition) is 2. The second kappa shape index (κ2) is 1.42. The van der Waals surface area contributed by atoms with Crippen molar-refractivity contribution in [3.05, 3.63) is 16.3 Å². The lowest BCUT2D eigenvalue weighted by molar-refractivity contribution is 0.617. The van der Waals surface area contributed by atoms with Crippen LogP contribution < -0.4 is 5.69 Å². The summed E-state index contributed by atoms with van der Waals surface area (Å²) in [5.41, 5.74) is 0.130. The summed E-state index contributed by atoms with van der Waals surface area (Å²) in [5.74, 6) is 1.00. The van der Waals surface area contributed by atoms with E-state index in [1.807, 2.05) is 4.68 Å². The van der Waals surface area contributed by atoms with Crippen molar-refractivity contribution >= 4 is 0 Å². The molecule has 3 rings (SSSR count). The van der Waals surface area contributed by atoms with Crippen molar-refractivity contribution in [3.8, 4) is 0 Å². The number of fused-ring (bicyclic) bond motifs is 2. The van der Waals surface area contributed by atoms with Crippen molar-refractivity contribution in [3.63, 3.8) is 0 Å². The molecule has 0 amide bonds. The molecule has 11 heavy (non-hydrogen) atoms. The summed E-state index contributed by atoms with van der Waals surface area (Å²) in [6.07, 6.45) is 3.61. The average Bonchev–Trinajstić information content (AvgIpc) is 2.57. The predicted octanol–water partition coefficient (Wildman–Crippen LogP) is 0.00670. The summed E-state index contributed by atoms with van der Waals surface area (Å²) in [6.45, 7) is 0.949. The molecule has 2 aliphatic rings. The Balaban J connectivity index is 2.27. The molecule has 1 aliphatic heterocycles. The molecule has 1 aliphatic carbocycles. The van der Waals surface area contributed by atoms with Gasteiger partial charge in [-0.2, -0.15) is 4.98 Å². The molecule has 0 saturated heterocycles. The molecule has 1 spiro atoms. The number of aromatic amines is 1. The quantitative estimate of drug-likeness (QED) is 0.567. The lowest BCUT2D eigenvalue weighted by Crippen LogP contribution is -2.08. The summed E-state index contributed by atoms with van der Waals surface area (Å²) < 4.78 is 1.90. The van der Waals surface area contributed by atoms with Gasteiger partial charge < -0.3 is 0 Å². The van der Waals surface area contributed by atoms with E-state index in [1.165, 1.54) is 19.3 Å². The van der Waals surface area contributed by atoms with Gasteiger partial charge in [0.25, 0.3) is 0 Å². The highest BCUT2D eigenvalue weighted by Crippen LogP contribution is 2.52. The number of H-pyrrole nitrogens is 1. The third kappa shape index (κ3) is 0.552. The van der Waals surface area contributed by atoms with Gasteiger partial charge in [-0.3, -0.25) is 4.68 Å². The summed E-state index contributed by atoms with van der Waals surface area (Å²) in [5, 5.41) is 2.70. The Hall–Kier alpha value is -1.06. The second-order valence-corrected chi connectivity index (χ2v) is 3.53. The third-order valence-electron chi connectivity index (χ3n) is 2.84. The number of aryl methyl sites for hydroxylation is 1. The molecule has 1 saturated carbocycles. The minimum Gasteiger partial charge on any atom is -0.270 e. The van der Waals surface area contributed by atoms with Crippen molar-refractivity contribution < 1.29 is 0 Å². The average molecular weight is 151 g/mol. The van der Waals surface area contributed by atoms with Gasteiger partial charge in [0.2, 0.25) is 0 Å². The van der Waals surface area contributed by atoms with Crippen LogP contribution in [0, 0.1) is 0 Å². The Bertz CT molecular complexity index is 358. The molecule has 4 heteroatoms. The van der Waals surface area contributed by atoms with Crippen molar-refractivity contribution in [1.29, 1.82) is 0 Å². The maximum atomic E-state index is 10.8. The van der Waals surface area contributed by atoms with Crippen molar-refractivity contribution in [1.82, 2.24) is 14.8 Å². The maximum Gasteiger partial charge on any atom is 0.361 e. The molecule has 0 atom stereocenters. The molecular formula is C7H9N3O. The van der Waals surface area contributed by atoms with Crippen LogP contribution in [-0.4, -0.2) is 14.8 Å². The van der Waals surface area contributed by atoms with Crippen LogP contribution in [-0.2, 0) is 12.0 Å². The molecule has 58 valence electrons. The largest absolute Gasteiger partial charge is 0.361 e. The van der Waals surface area contributed by atoms with Gasteiger partial charge in [-0.25, -0.2) is 9.89 Å². The van der Waals surface area contributed by atoms with Crippen molar-refractivity contribution in [2.45, 2.75) is 31.2 Å². The maximum absolute atomic E-state index is 10.8. The van der Waals surface area contributed by atoms with Crippen LogP contribution in [0.4, 0.5) is 0 Å². The molecule has 0 radical (unpaired) electrons. The van der Waals surface area contributed by atoms with Crippen LogP contribution in [0.25, 0.3) is 0 Å². The number of nitrogens with one attached hydrogen (secondary N) is 1. The van der Waals surface area contributed by atoms with Crippen LogP contribution >= 0.6 is 0 Å². The first kappa shape index (κ1) is 5.57. The molecule has 1 N–H and O–H groups in total. The minimum atomic E-state index is -0.189. The van der Waals surface area contributed by atoms with E-state index >= 15 is 0 Å². The van der Waals surface area contributed by atoms with E-state index in [9.17, 15) is 4.79 Å². The fourth-order valence-electron chi connectivity index (χ4n) is 1.98. The van der Waals surface area contributed by atoms with Crippen molar-refractivity contribution in [2.24, 2.45) is 0 Å². The predicted molar refractivity (Wildman–Crippen MR) is 38.4 cm³/mol. The lowest BCUT2D eigenvalue weighted by Gasteiger charge is -1.98. The third-order valence-corrected chi connectivity index (χ3v) is 2.84. The van der Waals surface area contributed by atoms with Gasteiger partial charge in [0.15, 0.2) is 0 Å². The van der Waals surface area contributed by atoms with Gasteiger partial charge in [0, 0.05) is 12.0 Å². The molecule has 1 aromatic heterocycles. The van der Waals surface area contributed by atoms with Crippen LogP contribution in [0.2, 0.25) is 0 Å². The Morgan fingerprint density at radius 3 is 3.00 bits per heavy atom. The van der Waals surface area contributed by atoms with Crippen LogP contribution in [0.5, 0.6) is 0 Å². The highest BCUT2D eigenvalue weighted by Gasteiger charge is 2.51. The molecular weight excluding hydrogens is 142 g/mol. The molecule has 1 aromatic rings. The van der Waals surface area contributed by atoms with E-state index in [4.69, 9.17) is 0 Å². The monoisotopic (exact) mass is 151 g/mol. The van der Waals surface area contributed by atoms with Gasteiger partial charge in [-0.1, -0.05) is 0 Å². The minimum absolute atomic E-state index is 0.189. The first-order chi connectivity index (χ1) is 5.30. The van der Waals surface area contributed by atoms with Crippen LogP contribution in [0.3, 0.4) is 0 Å². The van der Waals surface area contributed by atoms with E-state index < -0.39 is 0 Å². The fraction of sp³-hybridized carbons (Fsp3) is 0.714. The Labute approximate surface area is 63.2 Å². The number of aromatic nitrogens is 3. The van der Waals surface area contributed by atoms with Gasteiger partial charge in [-0.15, -0.1) is 0 Å². The fourth-order valence-corrected chi connectivity index (χ4v) is 1.98. The van der Waals surface area contributed by atoms with Gasteiger partial charge in [0.1, 0.15) is 5.82 Å². The molecule has 4 nitrogen and oxygen atoms in total. The highest BCUT2D eigenvalue weighted by atomic mass is 16.1. The zero-order chi connectivity index (χ0) is 7.47. The van der Waals surface area contributed by atoms with E-state index in [1.54, 1.807) is 0 Å². The summed E-state index contributed by atoms with van der Waals surface area (Å²) in [4.78, 5) is 14.8. The molecule has 0 bridgehead atoms. The lowest BCUT2D eigenvalue weighted by atomic mass is 10.1. The first-order valence-corrected chi connectivity index (χ1v) is 3.98. The van der Waals surface area contributed by atoms with Gasteiger partial charge in [0.05, 0.1) is 0 Å². The molecule has 1 fully saturated rings. The van der Waals surface area contributed by atoms with Crippen molar-refractivity contribution in [2.75, 3.05) is 0 Å². The second-order valence-electron chi connectivity index (χ2n) is 3.53. The molecule has 0 unspecified atom stereocenters. The van der Waals surface area contributed by atoms with E-state index in [-0.39, 0.29) is 5.69 Å². The normalized spacial score (nSPS) is 24.0. The summed E-state index contributed by atoms with van der Waals surface area (Å²) >= 11 is 0. The SMILES string of the molecule is O=c1nc2n([nH]1)CCC21CC1. The Kier molecular flexibility index (Phi) is 0.718. The molecule has 2 heterocycles. The van der Waals surface area contributed by atoms with Crippen LogP contribution in [0.1, 0.15) is 25.1 Å².